The van der Waals surface area contributed by atoms with Gasteiger partial charge in [0.05, 0.1) is 13.0 Å². The van der Waals surface area contributed by atoms with Crippen molar-refractivity contribution >= 4 is 12.0 Å². The maximum atomic E-state index is 13.6. The second-order valence-corrected chi connectivity index (χ2v) is 4.10. The highest BCUT2D eigenvalue weighted by atomic mass is 19.1. The Labute approximate surface area is 100 Å². The molecule has 17 heavy (non-hydrogen) atoms. The van der Waals surface area contributed by atoms with Gasteiger partial charge in [0.15, 0.2) is 0 Å². The van der Waals surface area contributed by atoms with Crippen LogP contribution in [0.3, 0.4) is 0 Å². The lowest BCUT2D eigenvalue weighted by Crippen LogP contribution is -2.08. The monoisotopic (exact) mass is 234 g/mol. The molecule has 2 rings (SSSR count). The summed E-state index contributed by atoms with van der Waals surface area (Å²) in [5.74, 6) is -0.456. The van der Waals surface area contributed by atoms with Crippen LogP contribution in [0.4, 0.5) is 4.39 Å². The molecule has 1 aliphatic carbocycles. The molecule has 1 aliphatic rings. The third-order valence-electron chi connectivity index (χ3n) is 2.88. The highest BCUT2D eigenvalue weighted by molar-refractivity contribution is 5.75. The number of ether oxygens (including phenoxy) is 1. The van der Waals surface area contributed by atoms with Crippen molar-refractivity contribution in [3.05, 3.63) is 40.7 Å². The first-order valence-corrected chi connectivity index (χ1v) is 5.83. The summed E-state index contributed by atoms with van der Waals surface area (Å²) >= 11 is 0. The second-order valence-electron chi connectivity index (χ2n) is 4.10. The smallest absolute Gasteiger partial charge is 0.309 e. The fourth-order valence-corrected chi connectivity index (χ4v) is 2.07. The Bertz CT molecular complexity index is 463. The lowest BCUT2D eigenvalue weighted by atomic mass is 9.90. The van der Waals surface area contributed by atoms with Crippen LogP contribution in [-0.4, -0.2) is 12.6 Å². The molecule has 1 aromatic rings. The number of carbonyl (C=O) groups excluding carboxylic acids is 1. The molecule has 0 aliphatic heterocycles. The molecule has 1 aromatic carbocycles. The van der Waals surface area contributed by atoms with Crippen molar-refractivity contribution in [1.29, 1.82) is 0 Å². The molecule has 0 saturated carbocycles. The molecule has 0 bridgehead atoms. The maximum absolute atomic E-state index is 13.6. The van der Waals surface area contributed by atoms with E-state index < -0.39 is 0 Å². The number of rotatable bonds is 3. The van der Waals surface area contributed by atoms with Crippen LogP contribution in [0.25, 0.3) is 6.08 Å². The zero-order valence-electron chi connectivity index (χ0n) is 9.83. The predicted molar refractivity (Wildman–Crippen MR) is 63.9 cm³/mol. The molecule has 0 spiro atoms. The van der Waals surface area contributed by atoms with Crippen molar-refractivity contribution in [1.82, 2.24) is 0 Å². The van der Waals surface area contributed by atoms with E-state index in [0.717, 1.165) is 24.0 Å². The Morgan fingerprint density at radius 1 is 1.41 bits per heavy atom. The van der Waals surface area contributed by atoms with E-state index in [1.54, 1.807) is 19.1 Å². The van der Waals surface area contributed by atoms with Gasteiger partial charge in [-0.15, -0.1) is 0 Å². The fourth-order valence-electron chi connectivity index (χ4n) is 2.07. The zero-order valence-corrected chi connectivity index (χ0v) is 9.83. The minimum absolute atomic E-state index is 0.219. The highest BCUT2D eigenvalue weighted by Gasteiger charge is 2.15. The standard InChI is InChI=1S/C14H15FO2/c1-2-17-14(16)9-10-6-7-11-4-3-5-13(15)12(11)8-10/h3-5,8H,2,6-7,9H2,1H3. The molecule has 2 nitrogen and oxygen atoms in total. The molecule has 0 aromatic heterocycles. The van der Waals surface area contributed by atoms with E-state index >= 15 is 0 Å². The number of hydrogen-bond acceptors (Lipinski definition) is 2. The van der Waals surface area contributed by atoms with Crippen LogP contribution < -0.4 is 0 Å². The summed E-state index contributed by atoms with van der Waals surface area (Å²) in [5.41, 5.74) is 2.58. The molecule has 0 N–H and O–H groups in total. The molecule has 0 radical (unpaired) electrons. The van der Waals surface area contributed by atoms with Crippen LogP contribution in [0.5, 0.6) is 0 Å². The first kappa shape index (κ1) is 11.8. The van der Waals surface area contributed by atoms with Gasteiger partial charge < -0.3 is 4.74 Å². The summed E-state index contributed by atoms with van der Waals surface area (Å²) in [7, 11) is 0. The average Bonchev–Trinajstić information content (AvgIpc) is 2.30. The van der Waals surface area contributed by atoms with Gasteiger partial charge in [0.2, 0.25) is 0 Å². The Hall–Kier alpha value is -1.64. The van der Waals surface area contributed by atoms with Crippen molar-refractivity contribution < 1.29 is 13.9 Å². The molecule has 0 saturated heterocycles. The van der Waals surface area contributed by atoms with Gasteiger partial charge in [-0.3, -0.25) is 4.79 Å². The van der Waals surface area contributed by atoms with Gasteiger partial charge in [-0.1, -0.05) is 23.8 Å². The largest absolute Gasteiger partial charge is 0.466 e. The van der Waals surface area contributed by atoms with Gasteiger partial charge in [-0.25, -0.2) is 4.39 Å². The van der Waals surface area contributed by atoms with E-state index in [4.69, 9.17) is 4.74 Å². The van der Waals surface area contributed by atoms with Crippen molar-refractivity contribution in [3.63, 3.8) is 0 Å². The molecule has 3 heteroatoms. The number of esters is 1. The number of halogens is 1. The summed E-state index contributed by atoms with van der Waals surface area (Å²) < 4.78 is 18.5. The average molecular weight is 234 g/mol. The molecule has 0 amide bonds. The first-order valence-electron chi connectivity index (χ1n) is 5.83. The first-order chi connectivity index (χ1) is 8.20. The number of benzene rings is 1. The molecular weight excluding hydrogens is 219 g/mol. The van der Waals surface area contributed by atoms with Crippen molar-refractivity contribution in [2.45, 2.75) is 26.2 Å². The van der Waals surface area contributed by atoms with Crippen LogP contribution in [0.15, 0.2) is 23.8 Å². The van der Waals surface area contributed by atoms with Crippen LogP contribution in [0, 0.1) is 5.82 Å². The summed E-state index contributed by atoms with van der Waals surface area (Å²) in [4.78, 5) is 11.4. The Morgan fingerprint density at radius 2 is 2.24 bits per heavy atom. The van der Waals surface area contributed by atoms with E-state index in [2.05, 4.69) is 0 Å². The Morgan fingerprint density at radius 3 is 3.00 bits per heavy atom. The number of aryl methyl sites for hydroxylation is 1. The van der Waals surface area contributed by atoms with Crippen LogP contribution in [0.2, 0.25) is 0 Å². The van der Waals surface area contributed by atoms with Crippen LogP contribution in [0.1, 0.15) is 30.9 Å². The molecule has 0 fully saturated rings. The molecule has 90 valence electrons. The predicted octanol–water partition coefficient (Wildman–Crippen LogP) is 3.11. The minimum Gasteiger partial charge on any atom is -0.466 e. The second kappa shape index (κ2) is 5.13. The van der Waals surface area contributed by atoms with E-state index in [9.17, 15) is 9.18 Å². The fraction of sp³-hybridized carbons (Fsp3) is 0.357. The topological polar surface area (TPSA) is 26.3 Å². The quantitative estimate of drug-likeness (QED) is 0.751. The normalized spacial score (nSPS) is 13.9. The lowest BCUT2D eigenvalue weighted by Gasteiger charge is -2.16. The Kier molecular flexibility index (Phi) is 3.57. The number of fused-ring (bicyclic) bond motifs is 1. The van der Waals surface area contributed by atoms with E-state index in [1.165, 1.54) is 6.07 Å². The van der Waals surface area contributed by atoms with Gasteiger partial charge in [0.25, 0.3) is 0 Å². The zero-order chi connectivity index (χ0) is 12.3. The van der Waals surface area contributed by atoms with E-state index in [1.807, 2.05) is 6.07 Å². The SMILES string of the molecule is CCOC(=O)CC1=Cc2c(F)cccc2CC1. The minimum atomic E-state index is -0.237. The summed E-state index contributed by atoms with van der Waals surface area (Å²) in [6.07, 6.45) is 3.64. The summed E-state index contributed by atoms with van der Waals surface area (Å²) in [6.45, 7) is 2.17. The lowest BCUT2D eigenvalue weighted by molar-refractivity contribution is -0.142. The Balaban J connectivity index is 2.17. The summed E-state index contributed by atoms with van der Waals surface area (Å²) in [5, 5.41) is 0. The van der Waals surface area contributed by atoms with Gasteiger partial charge in [0, 0.05) is 5.56 Å². The highest BCUT2D eigenvalue weighted by Crippen LogP contribution is 2.27. The van der Waals surface area contributed by atoms with Crippen LogP contribution in [-0.2, 0) is 16.0 Å². The van der Waals surface area contributed by atoms with Crippen molar-refractivity contribution in [3.8, 4) is 0 Å². The van der Waals surface area contributed by atoms with Gasteiger partial charge in [0.1, 0.15) is 5.82 Å². The van der Waals surface area contributed by atoms with Crippen LogP contribution >= 0.6 is 0 Å². The van der Waals surface area contributed by atoms with Gasteiger partial charge >= 0.3 is 5.97 Å². The third-order valence-corrected chi connectivity index (χ3v) is 2.88. The van der Waals surface area contributed by atoms with Crippen molar-refractivity contribution in [2.75, 3.05) is 6.61 Å². The van der Waals surface area contributed by atoms with E-state index in [-0.39, 0.29) is 18.2 Å². The van der Waals surface area contributed by atoms with Gasteiger partial charge in [-0.05, 0) is 31.4 Å². The summed E-state index contributed by atoms with van der Waals surface area (Å²) in [6, 6.07) is 5.09. The molecule has 0 heterocycles. The number of hydrogen-bond donors (Lipinski definition) is 0. The third kappa shape index (κ3) is 2.73. The molecule has 0 unspecified atom stereocenters. The maximum Gasteiger partial charge on any atom is 0.309 e. The molecular formula is C14H15FO2. The molecule has 0 atom stereocenters. The van der Waals surface area contributed by atoms with E-state index in [0.29, 0.717) is 12.2 Å². The number of carbonyl (C=O) groups is 1. The van der Waals surface area contributed by atoms with Crippen molar-refractivity contribution in [2.24, 2.45) is 0 Å². The van der Waals surface area contributed by atoms with Gasteiger partial charge in [-0.2, -0.15) is 0 Å².